The molecule has 3 rings (SSSR count). The molecule has 0 radical (unpaired) electrons. The molecule has 4 heteroatoms. The maximum absolute atomic E-state index is 13.1. The molecule has 1 amide bonds. The molecule has 1 heterocycles. The summed E-state index contributed by atoms with van der Waals surface area (Å²) in [6.45, 7) is 9.17. The molecule has 26 heavy (non-hydrogen) atoms. The number of amides is 1. The first-order chi connectivity index (χ1) is 12.6. The van der Waals surface area contributed by atoms with Crippen molar-refractivity contribution in [2.24, 2.45) is 0 Å². The summed E-state index contributed by atoms with van der Waals surface area (Å²) in [6.07, 6.45) is 3.91. The Morgan fingerprint density at radius 3 is 2.62 bits per heavy atom. The number of para-hydroxylation sites is 1. The number of carbonyl (C=O) groups excluding carboxylic acids is 1. The fraction of sp³-hybridized carbons (Fsp3) is 0.318. The number of anilines is 1. The molecule has 0 saturated heterocycles. The van der Waals surface area contributed by atoms with Gasteiger partial charge in [-0.25, -0.2) is 0 Å². The van der Waals surface area contributed by atoms with Gasteiger partial charge in [-0.05, 0) is 43.2 Å². The van der Waals surface area contributed by atoms with Crippen molar-refractivity contribution >= 4 is 11.6 Å². The molecule has 1 atom stereocenters. The minimum absolute atomic E-state index is 0.00465. The number of ether oxygens (including phenoxy) is 1. The average Bonchev–Trinajstić information content (AvgIpc) is 2.66. The molecule has 0 spiro atoms. The topological polar surface area (TPSA) is 41.6 Å². The minimum Gasteiger partial charge on any atom is -0.494 e. The first kappa shape index (κ1) is 18.1. The lowest BCUT2D eigenvalue weighted by molar-refractivity contribution is 0.0572. The molecule has 0 aliphatic carbocycles. The molecule has 0 bridgehead atoms. The van der Waals surface area contributed by atoms with E-state index in [0.29, 0.717) is 12.1 Å². The predicted octanol–water partition coefficient (Wildman–Crippen LogP) is 4.79. The Kier molecular flexibility index (Phi) is 5.31. The van der Waals surface area contributed by atoms with E-state index in [-0.39, 0.29) is 5.91 Å². The van der Waals surface area contributed by atoms with E-state index in [2.05, 4.69) is 18.8 Å². The maximum Gasteiger partial charge on any atom is 0.258 e. The fourth-order valence-corrected chi connectivity index (χ4v) is 3.29. The van der Waals surface area contributed by atoms with Gasteiger partial charge >= 0.3 is 0 Å². The van der Waals surface area contributed by atoms with Gasteiger partial charge in [-0.15, -0.1) is 6.58 Å². The van der Waals surface area contributed by atoms with Crippen LogP contribution in [0, 0.1) is 0 Å². The first-order valence-electron chi connectivity index (χ1n) is 9.13. The summed E-state index contributed by atoms with van der Waals surface area (Å²) >= 11 is 0. The second kappa shape index (κ2) is 7.65. The molecule has 2 aromatic carbocycles. The fourth-order valence-electron chi connectivity index (χ4n) is 3.29. The van der Waals surface area contributed by atoms with E-state index in [4.69, 9.17) is 4.74 Å². The molecular formula is C22H26N2O2. The van der Waals surface area contributed by atoms with E-state index in [9.17, 15) is 4.79 Å². The van der Waals surface area contributed by atoms with Gasteiger partial charge in [0.1, 0.15) is 11.4 Å². The van der Waals surface area contributed by atoms with Crippen molar-refractivity contribution in [3.05, 3.63) is 72.3 Å². The molecule has 136 valence electrons. The van der Waals surface area contributed by atoms with Crippen LogP contribution in [-0.4, -0.2) is 24.0 Å². The number of carbonyl (C=O) groups is 1. The molecular weight excluding hydrogens is 324 g/mol. The van der Waals surface area contributed by atoms with Crippen LogP contribution in [-0.2, 0) is 5.66 Å². The van der Waals surface area contributed by atoms with Crippen molar-refractivity contribution in [2.45, 2.75) is 32.4 Å². The van der Waals surface area contributed by atoms with Gasteiger partial charge in [0.25, 0.3) is 5.91 Å². The van der Waals surface area contributed by atoms with Crippen molar-refractivity contribution in [3.8, 4) is 5.75 Å². The zero-order valence-electron chi connectivity index (χ0n) is 15.5. The van der Waals surface area contributed by atoms with Crippen LogP contribution < -0.4 is 10.1 Å². The minimum atomic E-state index is -0.651. The number of benzene rings is 2. The van der Waals surface area contributed by atoms with Gasteiger partial charge in [-0.2, -0.15) is 0 Å². The van der Waals surface area contributed by atoms with Gasteiger partial charge in [-0.3, -0.25) is 4.79 Å². The standard InChI is InChI=1S/C22H26N2O2/c1-4-6-16-26-18-13-11-17(12-14-18)22(3)23-20-10-8-7-9-19(20)21(25)24(22)15-5-2/h5,7-14,23H,2,4,6,15-16H2,1,3H3. The van der Waals surface area contributed by atoms with Crippen LogP contribution in [0.15, 0.2) is 61.2 Å². The molecule has 4 nitrogen and oxygen atoms in total. The van der Waals surface area contributed by atoms with Gasteiger partial charge in [0, 0.05) is 12.2 Å². The Morgan fingerprint density at radius 1 is 1.19 bits per heavy atom. The Morgan fingerprint density at radius 2 is 1.92 bits per heavy atom. The summed E-state index contributed by atoms with van der Waals surface area (Å²) in [6, 6.07) is 15.6. The summed E-state index contributed by atoms with van der Waals surface area (Å²) in [5.74, 6) is 0.855. The van der Waals surface area contributed by atoms with Gasteiger partial charge < -0.3 is 15.0 Å². The van der Waals surface area contributed by atoms with Gasteiger partial charge in [0.15, 0.2) is 0 Å². The number of nitrogens with zero attached hydrogens (tertiary/aromatic N) is 1. The van der Waals surface area contributed by atoms with Crippen LogP contribution in [0.4, 0.5) is 5.69 Å². The van der Waals surface area contributed by atoms with Crippen molar-refractivity contribution in [3.63, 3.8) is 0 Å². The molecule has 1 aliphatic heterocycles. The zero-order valence-corrected chi connectivity index (χ0v) is 15.5. The quantitative estimate of drug-likeness (QED) is 0.576. The number of hydrogen-bond donors (Lipinski definition) is 1. The molecule has 1 N–H and O–H groups in total. The Bertz CT molecular complexity index is 785. The summed E-state index contributed by atoms with van der Waals surface area (Å²) < 4.78 is 5.76. The van der Waals surface area contributed by atoms with E-state index in [0.717, 1.165) is 36.4 Å². The Labute approximate surface area is 155 Å². The molecule has 2 aromatic rings. The molecule has 0 fully saturated rings. The smallest absolute Gasteiger partial charge is 0.258 e. The number of rotatable bonds is 7. The predicted molar refractivity (Wildman–Crippen MR) is 105 cm³/mol. The SMILES string of the molecule is C=CCN1C(=O)c2ccccc2NC1(C)c1ccc(OCCCC)cc1. The number of nitrogens with one attached hydrogen (secondary N) is 1. The largest absolute Gasteiger partial charge is 0.494 e. The molecule has 1 aliphatic rings. The van der Waals surface area contributed by atoms with Crippen molar-refractivity contribution in [1.29, 1.82) is 0 Å². The van der Waals surface area contributed by atoms with Crippen LogP contribution in [0.1, 0.15) is 42.6 Å². The third kappa shape index (κ3) is 3.32. The van der Waals surface area contributed by atoms with Crippen LogP contribution >= 0.6 is 0 Å². The summed E-state index contributed by atoms with van der Waals surface area (Å²) in [5.41, 5.74) is 1.89. The van der Waals surface area contributed by atoms with Crippen molar-refractivity contribution in [1.82, 2.24) is 4.90 Å². The van der Waals surface area contributed by atoms with Crippen LogP contribution in [0.2, 0.25) is 0 Å². The van der Waals surface area contributed by atoms with Gasteiger partial charge in [0.2, 0.25) is 0 Å². The van der Waals surface area contributed by atoms with E-state index < -0.39 is 5.66 Å². The lowest BCUT2D eigenvalue weighted by Gasteiger charge is -2.46. The Balaban J connectivity index is 1.93. The van der Waals surface area contributed by atoms with Gasteiger partial charge in [0.05, 0.1) is 12.2 Å². The third-order valence-electron chi connectivity index (χ3n) is 4.82. The van der Waals surface area contributed by atoms with Crippen LogP contribution in [0.3, 0.4) is 0 Å². The van der Waals surface area contributed by atoms with Crippen LogP contribution in [0.5, 0.6) is 5.75 Å². The normalized spacial score (nSPS) is 18.8. The highest BCUT2D eigenvalue weighted by Gasteiger charge is 2.41. The second-order valence-corrected chi connectivity index (χ2v) is 6.67. The highest BCUT2D eigenvalue weighted by Crippen LogP contribution is 2.38. The third-order valence-corrected chi connectivity index (χ3v) is 4.82. The first-order valence-corrected chi connectivity index (χ1v) is 9.13. The average molecular weight is 350 g/mol. The van der Waals surface area contributed by atoms with E-state index in [1.165, 1.54) is 0 Å². The second-order valence-electron chi connectivity index (χ2n) is 6.67. The van der Waals surface area contributed by atoms with Crippen molar-refractivity contribution in [2.75, 3.05) is 18.5 Å². The van der Waals surface area contributed by atoms with E-state index in [1.54, 1.807) is 6.08 Å². The van der Waals surface area contributed by atoms with Crippen LogP contribution in [0.25, 0.3) is 0 Å². The Hall–Kier alpha value is -2.75. The molecule has 0 saturated carbocycles. The van der Waals surface area contributed by atoms with Crippen molar-refractivity contribution < 1.29 is 9.53 Å². The highest BCUT2D eigenvalue weighted by molar-refractivity contribution is 6.02. The summed E-state index contributed by atoms with van der Waals surface area (Å²) in [4.78, 5) is 14.9. The van der Waals surface area contributed by atoms with E-state index in [1.807, 2.05) is 60.4 Å². The summed E-state index contributed by atoms with van der Waals surface area (Å²) in [5, 5.41) is 3.54. The highest BCUT2D eigenvalue weighted by atomic mass is 16.5. The molecule has 0 aromatic heterocycles. The monoisotopic (exact) mass is 350 g/mol. The number of fused-ring (bicyclic) bond motifs is 1. The molecule has 1 unspecified atom stereocenters. The lowest BCUT2D eigenvalue weighted by atomic mass is 9.93. The maximum atomic E-state index is 13.1. The number of unbranched alkanes of at least 4 members (excludes halogenated alkanes) is 1. The van der Waals surface area contributed by atoms with Gasteiger partial charge in [-0.1, -0.05) is 43.7 Å². The summed E-state index contributed by atoms with van der Waals surface area (Å²) in [7, 11) is 0. The number of hydrogen-bond acceptors (Lipinski definition) is 3. The van der Waals surface area contributed by atoms with E-state index >= 15 is 0 Å². The zero-order chi connectivity index (χ0) is 18.6. The lowest BCUT2D eigenvalue weighted by Crippen LogP contribution is -2.55.